The summed E-state index contributed by atoms with van der Waals surface area (Å²) in [5.74, 6) is -1.58. The Kier molecular flexibility index (Phi) is 5.34. The minimum Gasteiger partial charge on any atom is -0.467 e. The summed E-state index contributed by atoms with van der Waals surface area (Å²) < 4.78 is 10.00. The van der Waals surface area contributed by atoms with Crippen molar-refractivity contribution in [2.45, 2.75) is 13.0 Å². The fourth-order valence-corrected chi connectivity index (χ4v) is 2.15. The molecule has 4 amide bonds. The molecule has 2 rings (SSSR count). The van der Waals surface area contributed by atoms with Crippen molar-refractivity contribution in [1.29, 1.82) is 0 Å². The summed E-state index contributed by atoms with van der Waals surface area (Å²) in [6, 6.07) is 2.76. The van der Waals surface area contributed by atoms with E-state index in [2.05, 4.69) is 5.32 Å². The average molecular weight is 323 g/mol. The Morgan fingerprint density at radius 2 is 2.22 bits per heavy atom. The van der Waals surface area contributed by atoms with Gasteiger partial charge in [0.1, 0.15) is 5.76 Å². The molecule has 9 nitrogen and oxygen atoms in total. The lowest BCUT2D eigenvalue weighted by molar-refractivity contribution is -0.152. The van der Waals surface area contributed by atoms with Gasteiger partial charge in [-0.2, -0.15) is 0 Å². The van der Waals surface area contributed by atoms with E-state index in [4.69, 9.17) is 9.15 Å². The fourth-order valence-electron chi connectivity index (χ4n) is 2.15. The third kappa shape index (κ3) is 4.56. The Hall–Kier alpha value is -2.84. The van der Waals surface area contributed by atoms with Crippen molar-refractivity contribution in [3.63, 3.8) is 0 Å². The van der Waals surface area contributed by atoms with Crippen molar-refractivity contribution >= 4 is 23.8 Å². The van der Waals surface area contributed by atoms with Crippen LogP contribution in [0.1, 0.15) is 12.2 Å². The normalized spacial score (nSPS) is 17.0. The van der Waals surface area contributed by atoms with Crippen LogP contribution in [-0.4, -0.2) is 48.9 Å². The van der Waals surface area contributed by atoms with Gasteiger partial charge in [-0.3, -0.25) is 19.7 Å². The summed E-state index contributed by atoms with van der Waals surface area (Å²) >= 11 is 0. The summed E-state index contributed by atoms with van der Waals surface area (Å²) in [7, 11) is 1.35. The van der Waals surface area contributed by atoms with Crippen LogP contribution in [0.5, 0.6) is 0 Å². The first kappa shape index (κ1) is 16.5. The fraction of sp³-hybridized carbons (Fsp3) is 0.429. The van der Waals surface area contributed by atoms with Crippen molar-refractivity contribution < 1.29 is 28.3 Å². The van der Waals surface area contributed by atoms with Gasteiger partial charge in [0.15, 0.2) is 6.61 Å². The number of ether oxygens (including phenoxy) is 1. The quantitative estimate of drug-likeness (QED) is 0.714. The van der Waals surface area contributed by atoms with Crippen molar-refractivity contribution in [2.75, 3.05) is 20.2 Å². The van der Waals surface area contributed by atoms with E-state index in [-0.39, 0.29) is 25.4 Å². The van der Waals surface area contributed by atoms with Gasteiger partial charge in [0.25, 0.3) is 5.91 Å². The van der Waals surface area contributed by atoms with Crippen LogP contribution in [0.3, 0.4) is 0 Å². The molecule has 1 aromatic heterocycles. The van der Waals surface area contributed by atoms with Crippen LogP contribution < -0.4 is 10.6 Å². The molecule has 124 valence electrons. The largest absolute Gasteiger partial charge is 0.467 e. The summed E-state index contributed by atoms with van der Waals surface area (Å²) in [5, 5.41) is 4.17. The molecule has 0 saturated carbocycles. The Bertz CT molecular complexity index is 598. The van der Waals surface area contributed by atoms with E-state index in [1.807, 2.05) is 5.32 Å². The molecule has 1 saturated heterocycles. The van der Waals surface area contributed by atoms with Crippen molar-refractivity contribution in [2.24, 2.45) is 5.92 Å². The molecule has 2 heterocycles. The SMILES string of the molecule is CNC(=O)NC(=O)COC(=O)[C@H]1CC(=O)N(Cc2ccco2)C1. The predicted octanol–water partition coefficient (Wildman–Crippen LogP) is -0.373. The molecule has 23 heavy (non-hydrogen) atoms. The monoisotopic (exact) mass is 323 g/mol. The van der Waals surface area contributed by atoms with Gasteiger partial charge < -0.3 is 19.4 Å². The molecule has 1 aromatic rings. The van der Waals surface area contributed by atoms with Crippen LogP contribution in [0.25, 0.3) is 0 Å². The van der Waals surface area contributed by atoms with Gasteiger partial charge in [-0.05, 0) is 12.1 Å². The van der Waals surface area contributed by atoms with Gasteiger partial charge in [-0.1, -0.05) is 0 Å². The Labute approximate surface area is 131 Å². The number of amides is 4. The van der Waals surface area contributed by atoms with Gasteiger partial charge in [0.2, 0.25) is 5.91 Å². The lowest BCUT2D eigenvalue weighted by Crippen LogP contribution is -2.40. The molecule has 1 fully saturated rings. The third-order valence-corrected chi connectivity index (χ3v) is 3.30. The Morgan fingerprint density at radius 1 is 1.43 bits per heavy atom. The Balaban J connectivity index is 1.78. The molecular formula is C14H17N3O6. The number of nitrogens with zero attached hydrogens (tertiary/aromatic N) is 1. The highest BCUT2D eigenvalue weighted by Crippen LogP contribution is 2.21. The van der Waals surface area contributed by atoms with Crippen LogP contribution in [0.2, 0.25) is 0 Å². The molecule has 0 unspecified atom stereocenters. The van der Waals surface area contributed by atoms with Gasteiger partial charge in [-0.15, -0.1) is 0 Å². The van der Waals surface area contributed by atoms with Crippen molar-refractivity contribution in [3.8, 4) is 0 Å². The van der Waals surface area contributed by atoms with Crippen LogP contribution in [0.4, 0.5) is 4.79 Å². The smallest absolute Gasteiger partial charge is 0.321 e. The summed E-state index contributed by atoms with van der Waals surface area (Å²) in [6.45, 7) is -0.0860. The van der Waals surface area contributed by atoms with Gasteiger partial charge >= 0.3 is 12.0 Å². The average Bonchev–Trinajstić information content (AvgIpc) is 3.15. The number of carbonyl (C=O) groups excluding carboxylic acids is 4. The van der Waals surface area contributed by atoms with E-state index in [1.54, 1.807) is 12.1 Å². The number of imide groups is 1. The van der Waals surface area contributed by atoms with E-state index >= 15 is 0 Å². The first-order valence-electron chi connectivity index (χ1n) is 6.98. The highest BCUT2D eigenvalue weighted by molar-refractivity contribution is 5.95. The molecular weight excluding hydrogens is 306 g/mol. The number of hydrogen-bond acceptors (Lipinski definition) is 6. The maximum atomic E-state index is 11.9. The molecule has 0 aliphatic carbocycles. The van der Waals surface area contributed by atoms with Gasteiger partial charge in [-0.25, -0.2) is 4.79 Å². The first-order valence-corrected chi connectivity index (χ1v) is 6.98. The zero-order valence-corrected chi connectivity index (χ0v) is 12.5. The van der Waals surface area contributed by atoms with E-state index < -0.39 is 30.4 Å². The van der Waals surface area contributed by atoms with Crippen LogP contribution in [0.15, 0.2) is 22.8 Å². The second-order valence-electron chi connectivity index (χ2n) is 4.99. The predicted molar refractivity (Wildman–Crippen MR) is 75.8 cm³/mol. The molecule has 2 N–H and O–H groups in total. The number of urea groups is 1. The highest BCUT2D eigenvalue weighted by Gasteiger charge is 2.35. The van der Waals surface area contributed by atoms with E-state index in [0.29, 0.717) is 5.76 Å². The summed E-state index contributed by atoms with van der Waals surface area (Å²) in [4.78, 5) is 47.5. The van der Waals surface area contributed by atoms with Crippen molar-refractivity contribution in [3.05, 3.63) is 24.2 Å². The number of furan rings is 1. The number of rotatable bonds is 5. The zero-order valence-electron chi connectivity index (χ0n) is 12.5. The molecule has 0 spiro atoms. The minimum atomic E-state index is -0.741. The molecule has 0 bridgehead atoms. The number of likely N-dealkylation sites (tertiary alicyclic amines) is 1. The molecule has 1 atom stereocenters. The topological polar surface area (TPSA) is 118 Å². The second kappa shape index (κ2) is 7.43. The number of esters is 1. The molecule has 0 radical (unpaired) electrons. The molecule has 0 aromatic carbocycles. The second-order valence-corrected chi connectivity index (χ2v) is 4.99. The van der Waals surface area contributed by atoms with Gasteiger partial charge in [0.05, 0.1) is 18.7 Å². The number of hydrogen-bond donors (Lipinski definition) is 2. The van der Waals surface area contributed by atoms with E-state index in [0.717, 1.165) is 0 Å². The molecule has 1 aliphatic rings. The highest BCUT2D eigenvalue weighted by atomic mass is 16.5. The molecule has 9 heteroatoms. The third-order valence-electron chi connectivity index (χ3n) is 3.30. The maximum absolute atomic E-state index is 11.9. The minimum absolute atomic E-state index is 0.0244. The lowest BCUT2D eigenvalue weighted by atomic mass is 10.1. The van der Waals surface area contributed by atoms with E-state index in [9.17, 15) is 19.2 Å². The number of carbonyl (C=O) groups is 4. The zero-order chi connectivity index (χ0) is 16.8. The standard InChI is InChI=1S/C14H17N3O6/c1-15-14(21)16-11(18)8-23-13(20)9-5-12(19)17(6-9)7-10-3-2-4-22-10/h2-4,9H,5-8H2,1H3,(H2,15,16,18,21)/t9-/m0/s1. The first-order chi connectivity index (χ1) is 11.0. The number of nitrogens with one attached hydrogen (secondary N) is 2. The van der Waals surface area contributed by atoms with Crippen molar-refractivity contribution in [1.82, 2.24) is 15.5 Å². The van der Waals surface area contributed by atoms with Crippen LogP contribution in [0, 0.1) is 5.92 Å². The van der Waals surface area contributed by atoms with Gasteiger partial charge in [0, 0.05) is 20.0 Å². The molecule has 1 aliphatic heterocycles. The van der Waals surface area contributed by atoms with Crippen LogP contribution >= 0.6 is 0 Å². The van der Waals surface area contributed by atoms with Crippen LogP contribution in [-0.2, 0) is 25.7 Å². The lowest BCUT2D eigenvalue weighted by Gasteiger charge is -2.14. The summed E-state index contributed by atoms with van der Waals surface area (Å²) in [6.07, 6.45) is 1.53. The maximum Gasteiger partial charge on any atom is 0.321 e. The van der Waals surface area contributed by atoms with E-state index in [1.165, 1.54) is 18.2 Å². The summed E-state index contributed by atoms with van der Waals surface area (Å²) in [5.41, 5.74) is 0. The Morgan fingerprint density at radius 3 is 2.87 bits per heavy atom.